The summed E-state index contributed by atoms with van der Waals surface area (Å²) in [6, 6.07) is 3.02. The van der Waals surface area contributed by atoms with E-state index in [2.05, 4.69) is 0 Å². The van der Waals surface area contributed by atoms with Crippen molar-refractivity contribution in [1.29, 1.82) is 0 Å². The molecule has 1 aliphatic rings. The first kappa shape index (κ1) is 24.0. The Morgan fingerprint density at radius 1 is 0.848 bits per heavy atom. The zero-order valence-electron chi connectivity index (χ0n) is 16.9. The van der Waals surface area contributed by atoms with E-state index in [0.29, 0.717) is 36.4 Å². The van der Waals surface area contributed by atoms with Crippen LogP contribution in [-0.4, -0.2) is 55.4 Å². The van der Waals surface area contributed by atoms with Crippen molar-refractivity contribution in [3.05, 3.63) is 69.8 Å². The molecular weight excluding hydrogens is 458 g/mol. The van der Waals surface area contributed by atoms with Crippen molar-refractivity contribution in [3.8, 4) is 0 Å². The first-order valence-electron chi connectivity index (χ1n) is 9.11. The topological polar surface area (TPSA) is 83.6 Å². The van der Waals surface area contributed by atoms with Crippen molar-refractivity contribution in [1.82, 2.24) is 10.2 Å². The molecule has 12 heteroatoms. The lowest BCUT2D eigenvalue weighted by Crippen LogP contribution is -2.55. The van der Waals surface area contributed by atoms with E-state index in [4.69, 9.17) is 0 Å². The normalized spacial score (nSPS) is 14.1. The smallest absolute Gasteiger partial charge is 0.345 e. The second-order valence-corrected chi connectivity index (χ2v) is 7.41. The summed E-state index contributed by atoms with van der Waals surface area (Å²) in [6.45, 7) is 0. The van der Waals surface area contributed by atoms with Gasteiger partial charge in [-0.25, -0.2) is 0 Å². The number of hydrogen-bond acceptors (Lipinski definition) is 4. The molecule has 33 heavy (non-hydrogen) atoms. The van der Waals surface area contributed by atoms with Gasteiger partial charge in [0.15, 0.2) is 6.29 Å². The van der Waals surface area contributed by atoms with Crippen LogP contribution in [0.3, 0.4) is 0 Å². The summed E-state index contributed by atoms with van der Waals surface area (Å²) in [7, 11) is 2.42. The molecule has 174 valence electrons. The van der Waals surface area contributed by atoms with Crippen LogP contribution in [0.5, 0.6) is 0 Å². The number of rotatable bonds is 4. The van der Waals surface area contributed by atoms with Crippen LogP contribution in [0, 0.1) is 0 Å². The van der Waals surface area contributed by atoms with Crippen LogP contribution in [0.4, 0.5) is 26.3 Å². The Morgan fingerprint density at radius 3 is 1.88 bits per heavy atom. The third-order valence-corrected chi connectivity index (χ3v) is 5.27. The molecule has 0 aliphatic carbocycles. The molecular formula is C21H14F6N2O4. The van der Waals surface area contributed by atoms with E-state index < -0.39 is 63.3 Å². The molecule has 0 aromatic heterocycles. The van der Waals surface area contributed by atoms with Crippen LogP contribution in [0.1, 0.15) is 52.6 Å². The van der Waals surface area contributed by atoms with E-state index in [9.17, 15) is 45.5 Å². The Kier molecular flexibility index (Phi) is 5.60. The predicted molar refractivity (Wildman–Crippen MR) is 101 cm³/mol. The van der Waals surface area contributed by atoms with Gasteiger partial charge in [-0.15, -0.1) is 0 Å². The zero-order valence-corrected chi connectivity index (χ0v) is 16.9. The molecule has 0 radical (unpaired) electrons. The minimum absolute atomic E-state index is 0.134. The maximum absolute atomic E-state index is 14.4. The quantitative estimate of drug-likeness (QED) is 0.420. The van der Waals surface area contributed by atoms with Gasteiger partial charge in [0, 0.05) is 19.7 Å². The van der Waals surface area contributed by atoms with Crippen molar-refractivity contribution < 1.29 is 45.5 Å². The number of carbonyl (C=O) groups excluding carboxylic acids is 4. The summed E-state index contributed by atoms with van der Waals surface area (Å²) in [6.07, 6.45) is -11.9. The number of carbonyl (C=O) groups is 4. The molecule has 0 bridgehead atoms. The molecule has 0 atom stereocenters. The first-order valence-corrected chi connectivity index (χ1v) is 9.11. The number of hydrogen-bond donors (Lipinski definition) is 1. The number of amides is 3. The van der Waals surface area contributed by atoms with Crippen molar-refractivity contribution in [3.63, 3.8) is 0 Å². The molecule has 3 rings (SSSR count). The van der Waals surface area contributed by atoms with Crippen LogP contribution in [0.2, 0.25) is 0 Å². The van der Waals surface area contributed by atoms with Gasteiger partial charge < -0.3 is 4.90 Å². The van der Waals surface area contributed by atoms with Gasteiger partial charge in [-0.3, -0.25) is 24.5 Å². The Bertz CT molecular complexity index is 1170. The number of fused-ring (bicyclic) bond motifs is 1. The second kappa shape index (κ2) is 7.71. The van der Waals surface area contributed by atoms with E-state index >= 15 is 0 Å². The van der Waals surface area contributed by atoms with Gasteiger partial charge in [0.05, 0.1) is 16.7 Å². The maximum Gasteiger partial charge on any atom is 0.411 e. The Labute approximate surface area is 182 Å². The standard InChI is InChI=1S/C21H14F6N2O4/c1-29(2)18(33)14-7-11(4-3-10(14)9-30)19(20(22,23)24,21(25,26)27)12-5-6-13-15(8-12)17(32)28-16(13)31/h3-9H,1-2H3,(H,28,31,32). The molecule has 1 N–H and O–H groups in total. The SMILES string of the molecule is CN(C)C(=O)c1cc(C(c2ccc3c(c2)C(=O)NC3=O)(C(F)(F)F)C(F)(F)F)ccc1C=O. The highest BCUT2D eigenvalue weighted by Gasteiger charge is 2.72. The fraction of sp³-hybridized carbons (Fsp3) is 0.238. The van der Waals surface area contributed by atoms with Crippen molar-refractivity contribution in [2.45, 2.75) is 17.8 Å². The molecule has 2 aromatic carbocycles. The first-order chi connectivity index (χ1) is 15.2. The average molecular weight is 472 g/mol. The largest absolute Gasteiger partial charge is 0.411 e. The lowest BCUT2D eigenvalue weighted by atomic mass is 9.71. The summed E-state index contributed by atoms with van der Waals surface area (Å²) < 4.78 is 86.3. The Morgan fingerprint density at radius 2 is 1.36 bits per heavy atom. The van der Waals surface area contributed by atoms with E-state index in [1.165, 1.54) is 14.1 Å². The fourth-order valence-corrected chi connectivity index (χ4v) is 3.70. The van der Waals surface area contributed by atoms with Crippen LogP contribution in [0.25, 0.3) is 0 Å². The summed E-state index contributed by atoms with van der Waals surface area (Å²) in [5.41, 5.74) is -9.54. The number of nitrogens with one attached hydrogen (secondary N) is 1. The maximum atomic E-state index is 14.4. The van der Waals surface area contributed by atoms with Gasteiger partial charge in [0.2, 0.25) is 5.41 Å². The lowest BCUT2D eigenvalue weighted by molar-refractivity contribution is -0.288. The van der Waals surface area contributed by atoms with Gasteiger partial charge in [-0.1, -0.05) is 18.2 Å². The highest BCUT2D eigenvalue weighted by atomic mass is 19.4. The van der Waals surface area contributed by atoms with Gasteiger partial charge in [-0.2, -0.15) is 26.3 Å². The van der Waals surface area contributed by atoms with E-state index in [1.54, 1.807) is 5.32 Å². The highest BCUT2D eigenvalue weighted by Crippen LogP contribution is 2.56. The fourth-order valence-electron chi connectivity index (χ4n) is 3.70. The molecule has 2 aromatic rings. The molecule has 1 aliphatic heterocycles. The zero-order chi connectivity index (χ0) is 24.9. The molecule has 0 unspecified atom stereocenters. The molecule has 0 spiro atoms. The van der Waals surface area contributed by atoms with E-state index in [-0.39, 0.29) is 11.8 Å². The summed E-state index contributed by atoms with van der Waals surface area (Å²) in [5, 5.41) is 1.80. The lowest BCUT2D eigenvalue weighted by Gasteiger charge is -2.38. The number of aldehydes is 1. The van der Waals surface area contributed by atoms with Gasteiger partial charge >= 0.3 is 12.4 Å². The van der Waals surface area contributed by atoms with E-state index in [0.717, 1.165) is 4.90 Å². The molecule has 1 heterocycles. The molecule has 6 nitrogen and oxygen atoms in total. The molecule has 0 saturated carbocycles. The van der Waals surface area contributed by atoms with Crippen molar-refractivity contribution >= 4 is 24.0 Å². The van der Waals surface area contributed by atoms with Crippen LogP contribution in [0.15, 0.2) is 36.4 Å². The third-order valence-electron chi connectivity index (χ3n) is 5.27. The minimum atomic E-state index is -6.00. The number of alkyl halides is 6. The monoisotopic (exact) mass is 472 g/mol. The second-order valence-electron chi connectivity index (χ2n) is 7.41. The molecule has 0 fully saturated rings. The predicted octanol–water partition coefficient (Wildman–Crippen LogP) is 3.50. The highest BCUT2D eigenvalue weighted by molar-refractivity contribution is 6.21. The summed E-state index contributed by atoms with van der Waals surface area (Å²) in [4.78, 5) is 48.2. The van der Waals surface area contributed by atoms with Crippen LogP contribution >= 0.6 is 0 Å². The minimum Gasteiger partial charge on any atom is -0.345 e. The van der Waals surface area contributed by atoms with Gasteiger partial charge in [0.25, 0.3) is 17.7 Å². The molecule has 0 saturated heterocycles. The van der Waals surface area contributed by atoms with Crippen molar-refractivity contribution in [2.24, 2.45) is 0 Å². The number of benzene rings is 2. The summed E-state index contributed by atoms with van der Waals surface area (Å²) in [5.74, 6) is -3.09. The van der Waals surface area contributed by atoms with Gasteiger partial charge in [0.1, 0.15) is 0 Å². The van der Waals surface area contributed by atoms with Crippen molar-refractivity contribution in [2.75, 3.05) is 14.1 Å². The third kappa shape index (κ3) is 3.55. The Balaban J connectivity index is 2.43. The number of halogens is 6. The summed E-state index contributed by atoms with van der Waals surface area (Å²) >= 11 is 0. The van der Waals surface area contributed by atoms with Crippen LogP contribution < -0.4 is 5.32 Å². The molecule has 3 amide bonds. The van der Waals surface area contributed by atoms with Crippen LogP contribution in [-0.2, 0) is 5.41 Å². The van der Waals surface area contributed by atoms with E-state index in [1.807, 2.05) is 0 Å². The number of imide groups is 1. The Hall–Kier alpha value is -3.70. The average Bonchev–Trinajstić information content (AvgIpc) is 2.99. The number of nitrogens with zero attached hydrogens (tertiary/aromatic N) is 1. The van der Waals surface area contributed by atoms with Gasteiger partial charge in [-0.05, 0) is 29.3 Å².